The summed E-state index contributed by atoms with van der Waals surface area (Å²) in [5.74, 6) is 0.643. The van der Waals surface area contributed by atoms with E-state index in [0.717, 1.165) is 17.7 Å². The maximum absolute atomic E-state index is 12.0. The van der Waals surface area contributed by atoms with Gasteiger partial charge in [0.15, 0.2) is 5.96 Å². The largest absolute Gasteiger partial charge is 0.444 e. The Morgan fingerprint density at radius 2 is 1.65 bits per heavy atom. The van der Waals surface area contributed by atoms with Crippen molar-refractivity contribution >= 4 is 47.6 Å². The number of ether oxygens (including phenoxy) is 1. The molecular weight excluding hydrogens is 509 g/mol. The lowest BCUT2D eigenvalue weighted by Gasteiger charge is -2.29. The van der Waals surface area contributed by atoms with Gasteiger partial charge in [-0.2, -0.15) is 0 Å². The molecule has 0 aliphatic carbocycles. The lowest BCUT2D eigenvalue weighted by Crippen LogP contribution is -2.54. The minimum atomic E-state index is -0.542. The number of rotatable bonds is 8. The van der Waals surface area contributed by atoms with E-state index in [4.69, 9.17) is 4.74 Å². The van der Waals surface area contributed by atoms with E-state index < -0.39 is 17.2 Å². The van der Waals surface area contributed by atoms with Crippen molar-refractivity contribution in [3.05, 3.63) is 29.8 Å². The van der Waals surface area contributed by atoms with E-state index >= 15 is 0 Å². The molecule has 0 spiro atoms. The summed E-state index contributed by atoms with van der Waals surface area (Å²) >= 11 is 0. The van der Waals surface area contributed by atoms with Crippen LogP contribution in [-0.4, -0.2) is 42.7 Å². The quantitative estimate of drug-likeness (QED) is 0.224. The maximum Gasteiger partial charge on any atom is 0.408 e. The van der Waals surface area contributed by atoms with Crippen molar-refractivity contribution in [1.29, 1.82) is 0 Å². The van der Waals surface area contributed by atoms with Crippen LogP contribution in [0.25, 0.3) is 0 Å². The van der Waals surface area contributed by atoms with E-state index in [-0.39, 0.29) is 29.9 Å². The van der Waals surface area contributed by atoms with Gasteiger partial charge in [0.05, 0.1) is 5.54 Å². The molecule has 176 valence electrons. The number of aliphatic imine (C=N–C) groups is 1. The zero-order chi connectivity index (χ0) is 22.8. The van der Waals surface area contributed by atoms with E-state index in [1.54, 1.807) is 7.05 Å². The van der Waals surface area contributed by atoms with Crippen LogP contribution in [0.5, 0.6) is 0 Å². The fraction of sp³-hybridized carbons (Fsp3) is 0.591. The van der Waals surface area contributed by atoms with Crippen LogP contribution in [-0.2, 0) is 16.1 Å². The van der Waals surface area contributed by atoms with Crippen LogP contribution in [0.15, 0.2) is 29.3 Å². The summed E-state index contributed by atoms with van der Waals surface area (Å²) in [5, 5.41) is 12.2. The Kier molecular flexibility index (Phi) is 12.5. The second kappa shape index (κ2) is 13.4. The van der Waals surface area contributed by atoms with Crippen molar-refractivity contribution in [2.24, 2.45) is 4.99 Å². The Balaban J connectivity index is 0.00000900. The zero-order valence-electron chi connectivity index (χ0n) is 19.7. The second-order valence-electron chi connectivity index (χ2n) is 8.79. The molecule has 1 rings (SSSR count). The number of halogens is 1. The lowest BCUT2D eigenvalue weighted by atomic mass is 10.1. The molecule has 0 radical (unpaired) electrons. The molecule has 0 aliphatic rings. The van der Waals surface area contributed by atoms with Gasteiger partial charge in [-0.05, 0) is 58.7 Å². The normalized spacial score (nSPS) is 11.8. The number of hydrogen-bond donors (Lipinski definition) is 4. The summed E-state index contributed by atoms with van der Waals surface area (Å²) in [6.07, 6.45) is 0.887. The molecule has 1 aromatic rings. The number of anilines is 1. The van der Waals surface area contributed by atoms with Crippen molar-refractivity contribution < 1.29 is 14.3 Å². The third-order valence-electron chi connectivity index (χ3n) is 3.94. The third-order valence-corrected chi connectivity index (χ3v) is 3.94. The van der Waals surface area contributed by atoms with Gasteiger partial charge < -0.3 is 26.0 Å². The number of carbonyl (C=O) groups is 2. The molecule has 0 unspecified atom stereocenters. The summed E-state index contributed by atoms with van der Waals surface area (Å²) in [7, 11) is 1.69. The molecule has 0 saturated heterocycles. The van der Waals surface area contributed by atoms with E-state index in [0.29, 0.717) is 25.5 Å². The molecule has 0 aliphatic heterocycles. The Morgan fingerprint density at radius 1 is 1.03 bits per heavy atom. The SMILES string of the molecule is CCCC(=O)Nc1ccc(CNC(=NC)NCC(C)(C)NC(=O)OC(C)(C)C)cc1.I. The molecule has 0 bridgehead atoms. The number of amides is 2. The first-order valence-corrected chi connectivity index (χ1v) is 10.3. The number of nitrogens with zero attached hydrogens (tertiary/aromatic N) is 1. The van der Waals surface area contributed by atoms with Crippen LogP contribution in [0.2, 0.25) is 0 Å². The Hall–Kier alpha value is -2.04. The highest BCUT2D eigenvalue weighted by atomic mass is 127. The molecule has 9 heteroatoms. The number of guanidine groups is 1. The Labute approximate surface area is 203 Å². The highest BCUT2D eigenvalue weighted by Gasteiger charge is 2.24. The first-order valence-electron chi connectivity index (χ1n) is 10.3. The minimum Gasteiger partial charge on any atom is -0.444 e. The van der Waals surface area contributed by atoms with Gasteiger partial charge in [0.1, 0.15) is 5.60 Å². The van der Waals surface area contributed by atoms with Gasteiger partial charge in [0.2, 0.25) is 5.91 Å². The summed E-state index contributed by atoms with van der Waals surface area (Å²) in [6.45, 7) is 12.3. The molecule has 0 atom stereocenters. The fourth-order valence-corrected chi connectivity index (χ4v) is 2.49. The van der Waals surface area contributed by atoms with Crippen LogP contribution < -0.4 is 21.3 Å². The number of nitrogens with one attached hydrogen (secondary N) is 4. The average Bonchev–Trinajstić information content (AvgIpc) is 2.61. The van der Waals surface area contributed by atoms with E-state index in [1.807, 2.05) is 65.8 Å². The van der Waals surface area contributed by atoms with Gasteiger partial charge in [-0.1, -0.05) is 19.1 Å². The first kappa shape index (κ1) is 29.0. The Morgan fingerprint density at radius 3 is 2.16 bits per heavy atom. The van der Waals surface area contributed by atoms with Gasteiger partial charge in [-0.3, -0.25) is 9.79 Å². The third kappa shape index (κ3) is 13.1. The van der Waals surface area contributed by atoms with E-state index in [2.05, 4.69) is 26.3 Å². The van der Waals surface area contributed by atoms with Gasteiger partial charge >= 0.3 is 6.09 Å². The highest BCUT2D eigenvalue weighted by Crippen LogP contribution is 2.11. The molecule has 2 amide bonds. The van der Waals surface area contributed by atoms with Gasteiger partial charge in [0.25, 0.3) is 0 Å². The maximum atomic E-state index is 12.0. The van der Waals surface area contributed by atoms with Gasteiger partial charge in [-0.15, -0.1) is 24.0 Å². The fourth-order valence-electron chi connectivity index (χ4n) is 2.49. The zero-order valence-corrected chi connectivity index (χ0v) is 22.0. The summed E-state index contributed by atoms with van der Waals surface area (Å²) in [6, 6.07) is 7.68. The van der Waals surface area contributed by atoms with Crippen molar-refractivity contribution in [2.75, 3.05) is 18.9 Å². The number of hydrogen-bond acceptors (Lipinski definition) is 4. The molecule has 0 saturated carbocycles. The number of benzene rings is 1. The summed E-state index contributed by atoms with van der Waals surface area (Å²) in [5.41, 5.74) is 0.768. The van der Waals surface area contributed by atoms with Crippen LogP contribution in [0.1, 0.15) is 59.9 Å². The minimum absolute atomic E-state index is 0. The van der Waals surface area contributed by atoms with Gasteiger partial charge in [-0.25, -0.2) is 4.79 Å². The van der Waals surface area contributed by atoms with Crippen LogP contribution in [0.3, 0.4) is 0 Å². The lowest BCUT2D eigenvalue weighted by molar-refractivity contribution is -0.116. The van der Waals surface area contributed by atoms with Crippen LogP contribution in [0.4, 0.5) is 10.5 Å². The van der Waals surface area contributed by atoms with Crippen LogP contribution >= 0.6 is 24.0 Å². The Bertz CT molecular complexity index is 728. The van der Waals surface area contributed by atoms with Gasteiger partial charge in [0, 0.05) is 32.2 Å². The molecule has 4 N–H and O–H groups in total. The molecule has 0 heterocycles. The molecule has 0 fully saturated rings. The number of alkyl carbamates (subject to hydrolysis) is 1. The smallest absolute Gasteiger partial charge is 0.408 e. The van der Waals surface area contributed by atoms with E-state index in [9.17, 15) is 9.59 Å². The van der Waals surface area contributed by atoms with Crippen molar-refractivity contribution in [3.63, 3.8) is 0 Å². The predicted molar refractivity (Wildman–Crippen MR) is 137 cm³/mol. The predicted octanol–water partition coefficient (Wildman–Crippen LogP) is 4.01. The number of carbonyl (C=O) groups excluding carboxylic acids is 2. The van der Waals surface area contributed by atoms with E-state index in [1.165, 1.54) is 0 Å². The van der Waals surface area contributed by atoms with Crippen LogP contribution in [0, 0.1) is 0 Å². The topological polar surface area (TPSA) is 104 Å². The van der Waals surface area contributed by atoms with Crippen molar-refractivity contribution in [3.8, 4) is 0 Å². The molecule has 1 aromatic carbocycles. The van der Waals surface area contributed by atoms with Crippen molar-refractivity contribution in [2.45, 2.75) is 72.1 Å². The molecule has 0 aromatic heterocycles. The monoisotopic (exact) mass is 547 g/mol. The molecule has 31 heavy (non-hydrogen) atoms. The summed E-state index contributed by atoms with van der Waals surface area (Å²) in [4.78, 5) is 27.9. The average molecular weight is 547 g/mol. The second-order valence-corrected chi connectivity index (χ2v) is 8.79. The summed E-state index contributed by atoms with van der Waals surface area (Å²) < 4.78 is 5.31. The first-order chi connectivity index (χ1) is 13.9. The molecular formula is C22H38IN5O3. The highest BCUT2D eigenvalue weighted by molar-refractivity contribution is 14.0. The molecule has 8 nitrogen and oxygen atoms in total. The standard InChI is InChI=1S/C22H37N5O3.HI/c1-8-9-18(28)26-17-12-10-16(11-13-17)14-24-19(23-7)25-15-22(5,6)27-20(29)30-21(2,3)4;/h10-13H,8-9,14-15H2,1-7H3,(H,26,28)(H,27,29)(H2,23,24,25);1H. The van der Waals surface area contributed by atoms with Crippen molar-refractivity contribution in [1.82, 2.24) is 16.0 Å².